The number of aromatic amines is 1. The van der Waals surface area contributed by atoms with Crippen molar-refractivity contribution in [3.05, 3.63) is 29.5 Å². The largest absolute Gasteiger partial charge is 0.383 e. The van der Waals surface area contributed by atoms with Gasteiger partial charge in [-0.3, -0.25) is 4.99 Å². The van der Waals surface area contributed by atoms with Gasteiger partial charge in [-0.05, 0) is 55.9 Å². The summed E-state index contributed by atoms with van der Waals surface area (Å²) < 4.78 is 28.8. The lowest BCUT2D eigenvalue weighted by Gasteiger charge is -2.26. The molecule has 0 unspecified atom stereocenters. The molecule has 2 aromatic rings. The van der Waals surface area contributed by atoms with Gasteiger partial charge in [-0.1, -0.05) is 0 Å². The molecule has 1 atom stereocenters. The number of nitrogens with one attached hydrogen (secondary N) is 2. The van der Waals surface area contributed by atoms with Gasteiger partial charge in [-0.25, -0.2) is 8.42 Å². The van der Waals surface area contributed by atoms with Crippen LogP contribution in [-0.4, -0.2) is 86.0 Å². The van der Waals surface area contributed by atoms with Crippen LogP contribution in [0, 0.1) is 12.8 Å². The lowest BCUT2D eigenvalue weighted by atomic mass is 10.0. The fourth-order valence-corrected chi connectivity index (χ4v) is 7.23. The normalized spacial score (nSPS) is 24.3. The van der Waals surface area contributed by atoms with Gasteiger partial charge in [0.1, 0.15) is 5.04 Å². The summed E-state index contributed by atoms with van der Waals surface area (Å²) in [4.78, 5) is 10.9. The average Bonchev–Trinajstić information content (AvgIpc) is 3.44. The number of rotatable bonds is 7. The molecule has 0 aliphatic carbocycles. The lowest BCUT2D eigenvalue weighted by Crippen LogP contribution is -2.41. The summed E-state index contributed by atoms with van der Waals surface area (Å²) in [7, 11) is -2.82. The van der Waals surface area contributed by atoms with Crippen LogP contribution >= 0.6 is 11.8 Å². The number of anilines is 1. The van der Waals surface area contributed by atoms with Crippen molar-refractivity contribution in [3.8, 4) is 0 Å². The summed E-state index contributed by atoms with van der Waals surface area (Å²) in [5.74, 6) is 2.24. The van der Waals surface area contributed by atoms with Gasteiger partial charge in [0.2, 0.25) is 0 Å². The fourth-order valence-electron chi connectivity index (χ4n) is 4.87. The van der Waals surface area contributed by atoms with Crippen molar-refractivity contribution in [2.45, 2.75) is 32.2 Å². The van der Waals surface area contributed by atoms with Crippen LogP contribution in [0.4, 0.5) is 5.69 Å². The third-order valence-corrected chi connectivity index (χ3v) is 9.71. The van der Waals surface area contributed by atoms with E-state index in [0.717, 1.165) is 67.6 Å². The van der Waals surface area contributed by atoms with E-state index in [1.54, 1.807) is 0 Å². The molecule has 180 valence electrons. The summed E-state index contributed by atoms with van der Waals surface area (Å²) in [5, 5.41) is 6.00. The van der Waals surface area contributed by atoms with Crippen LogP contribution in [0.2, 0.25) is 0 Å². The molecule has 1 aromatic carbocycles. The standard InChI is InChI=1S/C24H34N4O3S2/c1-17-12-19-14-22(27-23(19)21(13-17)25-15-18-3-8-31-9-4-18)24-26-20(16-32-24)2-5-28-6-10-33(29,30)11-7-28/h12-14,18,20,25,27H,2-11,15-16H2,1H3/t20-/m0/s1. The van der Waals surface area contributed by atoms with Gasteiger partial charge in [-0.15, -0.1) is 11.8 Å². The Hall–Kier alpha value is -1.55. The van der Waals surface area contributed by atoms with E-state index >= 15 is 0 Å². The number of aryl methyl sites for hydroxylation is 1. The fraction of sp³-hybridized carbons (Fsp3) is 0.625. The van der Waals surface area contributed by atoms with Crippen LogP contribution in [0.3, 0.4) is 0 Å². The van der Waals surface area contributed by atoms with E-state index in [2.05, 4.69) is 40.3 Å². The molecule has 0 saturated carbocycles. The summed E-state index contributed by atoms with van der Waals surface area (Å²) in [6, 6.07) is 6.98. The topological polar surface area (TPSA) is 86.8 Å². The predicted octanol–water partition coefficient (Wildman–Crippen LogP) is 3.30. The number of thioether (sulfide) groups is 1. The van der Waals surface area contributed by atoms with E-state index < -0.39 is 9.84 Å². The van der Waals surface area contributed by atoms with E-state index in [9.17, 15) is 8.42 Å². The second kappa shape index (κ2) is 9.98. The second-order valence-electron chi connectivity index (χ2n) is 9.58. The van der Waals surface area contributed by atoms with Gasteiger partial charge in [0.15, 0.2) is 9.84 Å². The Balaban J connectivity index is 1.24. The molecule has 5 rings (SSSR count). The molecule has 2 N–H and O–H groups in total. The first kappa shape index (κ1) is 23.2. The van der Waals surface area contributed by atoms with Crippen molar-refractivity contribution in [2.75, 3.05) is 62.0 Å². The van der Waals surface area contributed by atoms with E-state index in [1.807, 2.05) is 11.8 Å². The number of ether oxygens (including phenoxy) is 1. The molecule has 0 amide bonds. The van der Waals surface area contributed by atoms with Crippen LogP contribution in [0.25, 0.3) is 10.9 Å². The second-order valence-corrected chi connectivity index (χ2v) is 12.9. The first-order valence-electron chi connectivity index (χ1n) is 12.0. The molecule has 2 fully saturated rings. The first-order chi connectivity index (χ1) is 15.9. The minimum Gasteiger partial charge on any atom is -0.383 e. The summed E-state index contributed by atoms with van der Waals surface area (Å²) in [6.45, 7) is 7.10. The van der Waals surface area contributed by atoms with Gasteiger partial charge in [0.05, 0.1) is 34.4 Å². The molecule has 0 bridgehead atoms. The first-order valence-corrected chi connectivity index (χ1v) is 14.8. The monoisotopic (exact) mass is 490 g/mol. The molecule has 1 aromatic heterocycles. The van der Waals surface area contributed by atoms with Gasteiger partial charge in [0.25, 0.3) is 0 Å². The quantitative estimate of drug-likeness (QED) is 0.619. The number of nitrogens with zero attached hydrogens (tertiary/aromatic N) is 2. The minimum atomic E-state index is -2.82. The third-order valence-electron chi connectivity index (χ3n) is 6.95. The molecule has 0 spiro atoms. The molecule has 0 radical (unpaired) electrons. The van der Waals surface area contributed by atoms with Gasteiger partial charge >= 0.3 is 0 Å². The van der Waals surface area contributed by atoms with Crippen LogP contribution in [0.1, 0.15) is 30.5 Å². The van der Waals surface area contributed by atoms with Crippen LogP contribution in [0.15, 0.2) is 23.2 Å². The highest BCUT2D eigenvalue weighted by molar-refractivity contribution is 8.14. The highest BCUT2D eigenvalue weighted by atomic mass is 32.2. The Labute approximate surface area is 200 Å². The number of fused-ring (bicyclic) bond motifs is 1. The number of H-pyrrole nitrogens is 1. The number of hydrogen-bond acceptors (Lipinski definition) is 7. The lowest BCUT2D eigenvalue weighted by molar-refractivity contribution is 0.0699. The van der Waals surface area contributed by atoms with Gasteiger partial charge in [-0.2, -0.15) is 0 Å². The van der Waals surface area contributed by atoms with Crippen LogP contribution in [-0.2, 0) is 14.6 Å². The molecule has 3 aliphatic heterocycles. The van der Waals surface area contributed by atoms with Gasteiger partial charge < -0.3 is 19.9 Å². The molecule has 7 nitrogen and oxygen atoms in total. The number of sulfone groups is 1. The predicted molar refractivity (Wildman–Crippen MR) is 138 cm³/mol. The SMILES string of the molecule is Cc1cc(NCC2CCOCC2)c2[nH]c(C3=N[C@@H](CCN4CCS(=O)(=O)CC4)CS3)cc2c1. The molecule has 2 saturated heterocycles. The van der Waals surface area contributed by atoms with Crippen molar-refractivity contribution in [2.24, 2.45) is 10.9 Å². The molecular weight excluding hydrogens is 456 g/mol. The van der Waals surface area contributed by atoms with Crippen LogP contribution in [0.5, 0.6) is 0 Å². The maximum absolute atomic E-state index is 11.6. The van der Waals surface area contributed by atoms with Crippen molar-refractivity contribution in [1.82, 2.24) is 9.88 Å². The Morgan fingerprint density at radius 1 is 1.21 bits per heavy atom. The molecule has 9 heteroatoms. The smallest absolute Gasteiger partial charge is 0.152 e. The van der Waals surface area contributed by atoms with Gasteiger partial charge in [0, 0.05) is 50.5 Å². The van der Waals surface area contributed by atoms with E-state index in [1.165, 1.54) is 16.6 Å². The maximum Gasteiger partial charge on any atom is 0.152 e. The van der Waals surface area contributed by atoms with Crippen molar-refractivity contribution >= 4 is 43.2 Å². The van der Waals surface area contributed by atoms with Crippen molar-refractivity contribution < 1.29 is 13.2 Å². The summed E-state index contributed by atoms with van der Waals surface area (Å²) >= 11 is 1.82. The van der Waals surface area contributed by atoms with Crippen molar-refractivity contribution in [1.29, 1.82) is 0 Å². The average molecular weight is 491 g/mol. The Kier molecular flexibility index (Phi) is 7.02. The van der Waals surface area contributed by atoms with E-state index in [0.29, 0.717) is 36.6 Å². The number of aromatic nitrogens is 1. The van der Waals surface area contributed by atoms with E-state index in [4.69, 9.17) is 9.73 Å². The minimum absolute atomic E-state index is 0.292. The van der Waals surface area contributed by atoms with Crippen molar-refractivity contribution in [3.63, 3.8) is 0 Å². The molecule has 3 aliphatic rings. The molecule has 4 heterocycles. The maximum atomic E-state index is 11.6. The van der Waals surface area contributed by atoms with E-state index in [-0.39, 0.29) is 0 Å². The number of benzene rings is 1. The third kappa shape index (κ3) is 5.75. The highest BCUT2D eigenvalue weighted by Gasteiger charge is 2.25. The highest BCUT2D eigenvalue weighted by Crippen LogP contribution is 2.31. The zero-order valence-electron chi connectivity index (χ0n) is 19.3. The molecular formula is C24H34N4O3S2. The summed E-state index contributed by atoms with van der Waals surface area (Å²) in [6.07, 6.45) is 3.23. The zero-order chi connectivity index (χ0) is 22.8. The summed E-state index contributed by atoms with van der Waals surface area (Å²) in [5.41, 5.74) is 4.68. The number of aliphatic imine (C=N–C) groups is 1. The zero-order valence-corrected chi connectivity index (χ0v) is 20.9. The number of hydrogen-bond donors (Lipinski definition) is 2. The van der Waals surface area contributed by atoms with Crippen LogP contribution < -0.4 is 5.32 Å². The Bertz CT molecular complexity index is 1110. The molecule has 33 heavy (non-hydrogen) atoms. The Morgan fingerprint density at radius 2 is 2.00 bits per heavy atom. The Morgan fingerprint density at radius 3 is 2.79 bits per heavy atom.